The molecule has 0 bridgehead atoms. The number of rotatable bonds is 5. The number of anilines is 1. The molecule has 28 heavy (non-hydrogen) atoms. The lowest BCUT2D eigenvalue weighted by Gasteiger charge is -2.15. The van der Waals surface area contributed by atoms with E-state index in [-0.39, 0.29) is 10.7 Å². The van der Waals surface area contributed by atoms with E-state index in [0.717, 1.165) is 17.8 Å². The minimum atomic E-state index is -4.60. The summed E-state index contributed by atoms with van der Waals surface area (Å²) in [6, 6.07) is 13.4. The smallest absolute Gasteiger partial charge is 0.325 e. The van der Waals surface area contributed by atoms with Gasteiger partial charge in [0, 0.05) is 12.1 Å². The molecule has 0 saturated heterocycles. The van der Waals surface area contributed by atoms with E-state index in [9.17, 15) is 22.8 Å². The van der Waals surface area contributed by atoms with Gasteiger partial charge in [0.15, 0.2) is 0 Å². The summed E-state index contributed by atoms with van der Waals surface area (Å²) in [6.07, 6.45) is -4.60. The third-order valence-corrected chi connectivity index (χ3v) is 4.91. The van der Waals surface area contributed by atoms with E-state index in [4.69, 9.17) is 4.52 Å². The first kappa shape index (κ1) is 19.7. The predicted molar refractivity (Wildman–Crippen MR) is 96.3 cm³/mol. The lowest BCUT2D eigenvalue weighted by molar-refractivity contribution is -0.704. The zero-order valence-electron chi connectivity index (χ0n) is 14.5. The number of hydrogen-bond acceptors (Lipinski definition) is 4. The molecule has 1 aromatic heterocycles. The Labute approximate surface area is 161 Å². The first-order valence-electron chi connectivity index (χ1n) is 8.10. The Morgan fingerprint density at radius 1 is 1.14 bits per heavy atom. The maximum atomic E-state index is 13.1. The lowest BCUT2D eigenvalue weighted by atomic mass is 10.1. The first-order valence-corrected chi connectivity index (χ1v) is 8.98. The van der Waals surface area contributed by atoms with E-state index in [1.165, 1.54) is 29.8 Å². The Hall–Kier alpha value is -3.01. The van der Waals surface area contributed by atoms with Gasteiger partial charge in [-0.3, -0.25) is 9.32 Å². The molecular formula is C18H15F3N3O3S+. The molecule has 1 amide bonds. The number of alkyl halides is 3. The minimum Gasteiger partial charge on any atom is -0.325 e. The van der Waals surface area contributed by atoms with Crippen molar-refractivity contribution in [3.05, 3.63) is 70.6 Å². The van der Waals surface area contributed by atoms with Gasteiger partial charge < -0.3 is 5.32 Å². The van der Waals surface area contributed by atoms with Crippen molar-refractivity contribution >= 4 is 23.4 Å². The van der Waals surface area contributed by atoms with Crippen molar-refractivity contribution < 1.29 is 27.2 Å². The van der Waals surface area contributed by atoms with Crippen molar-refractivity contribution in [3.8, 4) is 5.69 Å². The number of hydrogen-bond donors (Lipinski definition) is 2. The highest BCUT2D eigenvalue weighted by molar-refractivity contribution is 8.00. The van der Waals surface area contributed by atoms with Crippen molar-refractivity contribution in [2.75, 3.05) is 5.32 Å². The summed E-state index contributed by atoms with van der Waals surface area (Å²) in [5.74, 6) is -0.679. The molecule has 1 unspecified atom stereocenters. The summed E-state index contributed by atoms with van der Waals surface area (Å²) in [7, 11) is 0. The first-order chi connectivity index (χ1) is 13.3. The SMILES string of the molecule is CC(Sc1c(=O)o[nH][n+]1-c1ccccc1)C(=O)Nc1ccccc1C(F)(F)F. The molecule has 1 heterocycles. The number of carbonyl (C=O) groups is 1. The van der Waals surface area contributed by atoms with E-state index in [1.807, 2.05) is 0 Å². The fourth-order valence-corrected chi connectivity index (χ4v) is 3.29. The molecule has 0 saturated carbocycles. The average Bonchev–Trinajstić information content (AvgIpc) is 3.02. The predicted octanol–water partition coefficient (Wildman–Crippen LogP) is 3.38. The molecule has 0 spiro atoms. The highest BCUT2D eigenvalue weighted by Crippen LogP contribution is 2.34. The summed E-state index contributed by atoms with van der Waals surface area (Å²) >= 11 is 0.871. The van der Waals surface area contributed by atoms with Crippen LogP contribution >= 0.6 is 11.8 Å². The Bertz CT molecular complexity index is 1030. The lowest BCUT2D eigenvalue weighted by Crippen LogP contribution is -2.37. The van der Waals surface area contributed by atoms with Crippen LogP contribution in [-0.4, -0.2) is 16.4 Å². The van der Waals surface area contributed by atoms with Crippen LogP contribution in [0.15, 0.2) is 68.9 Å². The second kappa shape index (κ2) is 7.93. The minimum absolute atomic E-state index is 0.0953. The topological polar surface area (TPSA) is 79.0 Å². The largest absolute Gasteiger partial charge is 0.442 e. The van der Waals surface area contributed by atoms with Crippen LogP contribution in [0.1, 0.15) is 12.5 Å². The molecule has 3 aromatic rings. The summed E-state index contributed by atoms with van der Waals surface area (Å²) in [4.78, 5) is 24.4. The van der Waals surface area contributed by atoms with Crippen molar-refractivity contribution in [2.45, 2.75) is 23.4 Å². The van der Waals surface area contributed by atoms with E-state index in [1.54, 1.807) is 30.3 Å². The van der Waals surface area contributed by atoms with Gasteiger partial charge in [0.2, 0.25) is 11.6 Å². The molecule has 0 radical (unpaired) electrons. The Morgan fingerprint density at radius 2 is 1.79 bits per heavy atom. The van der Waals surface area contributed by atoms with Crippen LogP contribution in [0, 0.1) is 0 Å². The molecule has 0 fully saturated rings. The third-order valence-electron chi connectivity index (χ3n) is 3.77. The highest BCUT2D eigenvalue weighted by Gasteiger charge is 2.34. The standard InChI is InChI=1S/C18H14F3N3O3S/c1-11(15(25)22-14-10-6-5-9-13(14)18(19,20)21)28-16-17(26)27-23-24(16)12-7-3-2-4-8-12/h2-11H,1H3,(H-,22,23,25,26)/p+1. The van der Waals surface area contributed by atoms with Crippen LogP contribution in [-0.2, 0) is 11.0 Å². The van der Waals surface area contributed by atoms with Crippen LogP contribution in [0.4, 0.5) is 18.9 Å². The van der Waals surface area contributed by atoms with Crippen molar-refractivity contribution in [1.82, 2.24) is 5.27 Å². The number of para-hydroxylation sites is 2. The van der Waals surface area contributed by atoms with Crippen LogP contribution in [0.5, 0.6) is 0 Å². The maximum Gasteiger partial charge on any atom is 0.442 e. The van der Waals surface area contributed by atoms with E-state index in [0.29, 0.717) is 5.69 Å². The molecule has 0 aliphatic carbocycles. The fraction of sp³-hybridized carbons (Fsp3) is 0.167. The summed E-state index contributed by atoms with van der Waals surface area (Å²) in [5.41, 5.74) is -1.37. The van der Waals surface area contributed by atoms with Gasteiger partial charge >= 0.3 is 16.8 Å². The number of aromatic amines is 1. The zero-order valence-corrected chi connectivity index (χ0v) is 15.3. The third kappa shape index (κ3) is 4.28. The molecule has 2 aromatic carbocycles. The molecule has 2 N–H and O–H groups in total. The van der Waals surface area contributed by atoms with Gasteiger partial charge in [-0.1, -0.05) is 30.3 Å². The number of halogens is 3. The normalized spacial score (nSPS) is 12.6. The number of nitrogens with one attached hydrogen (secondary N) is 2. The molecule has 0 aliphatic heterocycles. The number of benzene rings is 2. The number of thioether (sulfide) groups is 1. The van der Waals surface area contributed by atoms with Crippen LogP contribution in [0.25, 0.3) is 5.69 Å². The van der Waals surface area contributed by atoms with E-state index in [2.05, 4.69) is 10.6 Å². The average molecular weight is 410 g/mol. The number of carbonyl (C=O) groups excluding carboxylic acids is 1. The Morgan fingerprint density at radius 3 is 2.46 bits per heavy atom. The van der Waals surface area contributed by atoms with E-state index >= 15 is 0 Å². The molecule has 0 aliphatic rings. The molecule has 146 valence electrons. The summed E-state index contributed by atoms with van der Waals surface area (Å²) in [5, 5.41) is 3.95. The molecule has 6 nitrogen and oxygen atoms in total. The highest BCUT2D eigenvalue weighted by atomic mass is 32.2. The molecule has 10 heteroatoms. The van der Waals surface area contributed by atoms with Gasteiger partial charge in [-0.05, 0) is 40.8 Å². The molecule has 3 rings (SSSR count). The van der Waals surface area contributed by atoms with Crippen molar-refractivity contribution in [1.29, 1.82) is 0 Å². The zero-order chi connectivity index (χ0) is 20.3. The van der Waals surface area contributed by atoms with Gasteiger partial charge in [-0.25, -0.2) is 4.79 Å². The molecular weight excluding hydrogens is 395 g/mol. The van der Waals surface area contributed by atoms with Gasteiger partial charge in [-0.2, -0.15) is 13.2 Å². The Balaban J connectivity index is 1.80. The fourth-order valence-electron chi connectivity index (χ4n) is 2.41. The van der Waals surface area contributed by atoms with Crippen molar-refractivity contribution in [2.24, 2.45) is 0 Å². The van der Waals surface area contributed by atoms with Gasteiger partial charge in [0.25, 0.3) is 0 Å². The van der Waals surface area contributed by atoms with Gasteiger partial charge in [-0.15, -0.1) is 0 Å². The second-order valence-electron chi connectivity index (χ2n) is 5.75. The van der Waals surface area contributed by atoms with Gasteiger partial charge in [0.1, 0.15) is 0 Å². The number of aromatic nitrogens is 2. The van der Waals surface area contributed by atoms with Gasteiger partial charge in [0.05, 0.1) is 16.5 Å². The van der Waals surface area contributed by atoms with Crippen LogP contribution in [0.3, 0.4) is 0 Å². The maximum absolute atomic E-state index is 13.1. The van der Waals surface area contributed by atoms with Crippen molar-refractivity contribution in [3.63, 3.8) is 0 Å². The number of H-pyrrole nitrogens is 1. The molecule has 1 atom stereocenters. The number of amides is 1. The quantitative estimate of drug-likeness (QED) is 0.499. The Kier molecular flexibility index (Phi) is 5.59. The van der Waals surface area contributed by atoms with Crippen LogP contribution < -0.4 is 15.6 Å². The second-order valence-corrected chi connectivity index (χ2v) is 7.08. The van der Waals surface area contributed by atoms with E-state index < -0.39 is 28.5 Å². The van der Waals surface area contributed by atoms with Crippen LogP contribution in [0.2, 0.25) is 0 Å². The summed E-state index contributed by atoms with van der Waals surface area (Å²) < 4.78 is 45.4. The monoisotopic (exact) mass is 410 g/mol. The number of nitrogens with zero attached hydrogens (tertiary/aromatic N) is 1. The summed E-state index contributed by atoms with van der Waals surface area (Å²) in [6.45, 7) is 1.48.